The molecule has 2 aromatic carbocycles. The lowest BCUT2D eigenvalue weighted by atomic mass is 10.1. The summed E-state index contributed by atoms with van der Waals surface area (Å²) in [6.45, 7) is 5.88. The molecule has 0 unspecified atom stereocenters. The number of sulfonamides is 1. The number of carbonyl (C=O) groups excluding carboxylic acids is 2. The van der Waals surface area contributed by atoms with Gasteiger partial charge in [-0.2, -0.15) is 0 Å². The zero-order valence-corrected chi connectivity index (χ0v) is 20.4. The Labute approximate surface area is 197 Å². The van der Waals surface area contributed by atoms with Crippen molar-refractivity contribution in [1.82, 2.24) is 10.2 Å². The molecule has 2 amide bonds. The number of halogens is 3. The first-order chi connectivity index (χ1) is 15.6. The first-order valence-electron chi connectivity index (χ1n) is 10.4. The lowest BCUT2D eigenvalue weighted by molar-refractivity contribution is -0.140. The minimum absolute atomic E-state index is 0.118. The third-order valence-electron chi connectivity index (χ3n) is 4.80. The highest BCUT2D eigenvalue weighted by Crippen LogP contribution is 2.21. The molecule has 2 aromatic rings. The van der Waals surface area contributed by atoms with Gasteiger partial charge in [-0.15, -0.1) is 0 Å². The molecule has 0 spiro atoms. The average Bonchev–Trinajstić information content (AvgIpc) is 2.71. The third-order valence-corrected chi connectivity index (χ3v) is 5.94. The van der Waals surface area contributed by atoms with Gasteiger partial charge in [-0.1, -0.05) is 12.1 Å². The normalized spacial score (nSPS) is 12.7. The number of amides is 2. The van der Waals surface area contributed by atoms with E-state index < -0.39 is 57.4 Å². The van der Waals surface area contributed by atoms with Crippen molar-refractivity contribution >= 4 is 27.5 Å². The van der Waals surface area contributed by atoms with E-state index in [9.17, 15) is 31.2 Å². The van der Waals surface area contributed by atoms with Gasteiger partial charge in [-0.25, -0.2) is 21.6 Å². The molecule has 0 radical (unpaired) electrons. The smallest absolute Gasteiger partial charge is 0.244 e. The highest BCUT2D eigenvalue weighted by Gasteiger charge is 2.31. The number of anilines is 1. The van der Waals surface area contributed by atoms with Crippen LogP contribution >= 0.6 is 0 Å². The molecular weight excluding hydrogens is 471 g/mol. The summed E-state index contributed by atoms with van der Waals surface area (Å²) in [6.07, 6.45) is 0.821. The van der Waals surface area contributed by atoms with Crippen LogP contribution in [0.25, 0.3) is 0 Å². The van der Waals surface area contributed by atoms with Crippen LogP contribution in [0.1, 0.15) is 33.3 Å². The summed E-state index contributed by atoms with van der Waals surface area (Å²) in [7, 11) is -4.08. The Hall–Kier alpha value is -3.08. The van der Waals surface area contributed by atoms with E-state index in [1.807, 2.05) is 0 Å². The molecule has 0 saturated heterocycles. The van der Waals surface area contributed by atoms with E-state index in [0.29, 0.717) is 15.9 Å². The van der Waals surface area contributed by atoms with Gasteiger partial charge in [-0.05, 0) is 57.5 Å². The zero-order chi connectivity index (χ0) is 25.8. The molecule has 7 nitrogen and oxygen atoms in total. The molecule has 186 valence electrons. The minimum Gasteiger partial charge on any atom is -0.350 e. The van der Waals surface area contributed by atoms with E-state index in [2.05, 4.69) is 5.32 Å². The SMILES string of the molecule is C[C@H](C(=O)NC(C)(C)C)N(Cc1ccc(F)cc1)C(=O)CN(c1ccc(F)c(F)c1)S(C)(=O)=O. The molecular formula is C23H28F3N3O4S. The number of hydrogen-bond donors (Lipinski definition) is 1. The second-order valence-corrected chi connectivity index (χ2v) is 10.8. The maximum Gasteiger partial charge on any atom is 0.244 e. The van der Waals surface area contributed by atoms with E-state index in [-0.39, 0.29) is 12.2 Å². The second kappa shape index (κ2) is 10.5. The highest BCUT2D eigenvalue weighted by atomic mass is 32.2. The van der Waals surface area contributed by atoms with Gasteiger partial charge in [0, 0.05) is 18.2 Å². The Bertz CT molecular complexity index is 1150. The van der Waals surface area contributed by atoms with E-state index in [0.717, 1.165) is 23.3 Å². The number of rotatable bonds is 8. The molecule has 0 bridgehead atoms. The fourth-order valence-corrected chi connectivity index (χ4v) is 3.94. The summed E-state index contributed by atoms with van der Waals surface area (Å²) in [5, 5.41) is 2.76. The molecule has 11 heteroatoms. The van der Waals surface area contributed by atoms with Crippen molar-refractivity contribution in [3.8, 4) is 0 Å². The minimum atomic E-state index is -4.08. The van der Waals surface area contributed by atoms with Crippen LogP contribution in [0.4, 0.5) is 18.9 Å². The summed E-state index contributed by atoms with van der Waals surface area (Å²) < 4.78 is 65.9. The topological polar surface area (TPSA) is 86.8 Å². The van der Waals surface area contributed by atoms with E-state index in [4.69, 9.17) is 0 Å². The van der Waals surface area contributed by atoms with Crippen LogP contribution in [0, 0.1) is 17.5 Å². The van der Waals surface area contributed by atoms with Crippen LogP contribution in [0.5, 0.6) is 0 Å². The predicted molar refractivity (Wildman–Crippen MR) is 123 cm³/mol. The monoisotopic (exact) mass is 499 g/mol. The molecule has 2 rings (SSSR count). The fraction of sp³-hybridized carbons (Fsp3) is 0.391. The Balaban J connectivity index is 2.41. The van der Waals surface area contributed by atoms with Crippen LogP contribution in [-0.4, -0.2) is 49.5 Å². The molecule has 0 aliphatic rings. The van der Waals surface area contributed by atoms with E-state index in [1.165, 1.54) is 31.2 Å². The van der Waals surface area contributed by atoms with Crippen molar-refractivity contribution in [3.63, 3.8) is 0 Å². The standard InChI is InChI=1S/C23H28F3N3O4S/c1-15(22(31)27-23(2,3)4)28(13-16-6-8-17(24)9-7-16)21(30)14-29(34(5,32)33)18-10-11-19(25)20(26)12-18/h6-12,15H,13-14H2,1-5H3,(H,27,31)/t15-/m1/s1. The van der Waals surface area contributed by atoms with Crippen molar-refractivity contribution in [2.45, 2.75) is 45.8 Å². The summed E-state index contributed by atoms with van der Waals surface area (Å²) in [5.74, 6) is -4.19. The maximum absolute atomic E-state index is 13.8. The zero-order valence-electron chi connectivity index (χ0n) is 19.6. The Morgan fingerprint density at radius 3 is 2.09 bits per heavy atom. The first-order valence-corrected chi connectivity index (χ1v) is 12.2. The Morgan fingerprint density at radius 2 is 1.59 bits per heavy atom. The molecule has 34 heavy (non-hydrogen) atoms. The summed E-state index contributed by atoms with van der Waals surface area (Å²) >= 11 is 0. The number of hydrogen-bond acceptors (Lipinski definition) is 4. The Kier molecular flexibility index (Phi) is 8.35. The van der Waals surface area contributed by atoms with Crippen molar-refractivity contribution in [2.75, 3.05) is 17.1 Å². The largest absolute Gasteiger partial charge is 0.350 e. The lowest BCUT2D eigenvalue weighted by Crippen LogP contribution is -2.54. The number of nitrogens with zero attached hydrogens (tertiary/aromatic N) is 2. The maximum atomic E-state index is 13.8. The molecule has 0 aliphatic carbocycles. The van der Waals surface area contributed by atoms with Crippen LogP contribution in [0.3, 0.4) is 0 Å². The summed E-state index contributed by atoms with van der Waals surface area (Å²) in [5.41, 5.74) is -0.340. The van der Waals surface area contributed by atoms with Crippen LogP contribution in [0.15, 0.2) is 42.5 Å². The van der Waals surface area contributed by atoms with Crippen molar-refractivity contribution in [3.05, 3.63) is 65.5 Å². The Morgan fingerprint density at radius 1 is 1.00 bits per heavy atom. The van der Waals surface area contributed by atoms with Crippen molar-refractivity contribution in [2.24, 2.45) is 0 Å². The molecule has 0 saturated carbocycles. The molecule has 0 aliphatic heterocycles. The van der Waals surface area contributed by atoms with Gasteiger partial charge in [0.15, 0.2) is 11.6 Å². The van der Waals surface area contributed by atoms with E-state index >= 15 is 0 Å². The molecule has 0 aromatic heterocycles. The third kappa shape index (κ3) is 7.47. The molecule has 1 atom stereocenters. The highest BCUT2D eigenvalue weighted by molar-refractivity contribution is 7.92. The van der Waals surface area contributed by atoms with Crippen LogP contribution < -0.4 is 9.62 Å². The number of nitrogens with one attached hydrogen (secondary N) is 1. The van der Waals surface area contributed by atoms with Crippen LogP contribution in [-0.2, 0) is 26.2 Å². The fourth-order valence-electron chi connectivity index (χ4n) is 3.10. The molecule has 1 N–H and O–H groups in total. The van der Waals surface area contributed by atoms with E-state index in [1.54, 1.807) is 20.8 Å². The van der Waals surface area contributed by atoms with Gasteiger partial charge < -0.3 is 10.2 Å². The van der Waals surface area contributed by atoms with Crippen molar-refractivity contribution in [1.29, 1.82) is 0 Å². The first kappa shape index (κ1) is 27.2. The van der Waals surface area contributed by atoms with Gasteiger partial charge in [-0.3, -0.25) is 13.9 Å². The lowest BCUT2D eigenvalue weighted by Gasteiger charge is -2.33. The summed E-state index contributed by atoms with van der Waals surface area (Å²) in [6, 6.07) is 6.70. The number of carbonyl (C=O) groups is 2. The van der Waals surface area contributed by atoms with Gasteiger partial charge in [0.25, 0.3) is 0 Å². The van der Waals surface area contributed by atoms with Gasteiger partial charge in [0.1, 0.15) is 18.4 Å². The second-order valence-electron chi connectivity index (χ2n) is 8.93. The molecule has 0 heterocycles. The van der Waals surface area contributed by atoms with Gasteiger partial charge >= 0.3 is 0 Å². The average molecular weight is 500 g/mol. The van der Waals surface area contributed by atoms with Crippen LogP contribution in [0.2, 0.25) is 0 Å². The van der Waals surface area contributed by atoms with Gasteiger partial charge in [0.2, 0.25) is 21.8 Å². The quantitative estimate of drug-likeness (QED) is 0.605. The molecule has 0 fully saturated rings. The number of benzene rings is 2. The van der Waals surface area contributed by atoms with Gasteiger partial charge in [0.05, 0.1) is 11.9 Å². The summed E-state index contributed by atoms with van der Waals surface area (Å²) in [4.78, 5) is 27.2. The van der Waals surface area contributed by atoms with Crippen molar-refractivity contribution < 1.29 is 31.2 Å². The predicted octanol–water partition coefficient (Wildman–Crippen LogP) is 3.20.